The first-order valence-electron chi connectivity index (χ1n) is 56.8. The third-order valence-corrected chi connectivity index (χ3v) is 39.6. The molecule has 0 aromatic rings. The summed E-state index contributed by atoms with van der Waals surface area (Å²) in [5.74, 6) is 31.1. The summed E-state index contributed by atoms with van der Waals surface area (Å²) in [5.41, 5.74) is 4.83. The molecule has 0 heteroatoms. The van der Waals surface area contributed by atoms with Crippen LogP contribution in [-0.4, -0.2) is 0 Å². The van der Waals surface area contributed by atoms with E-state index in [2.05, 4.69) is 145 Å². The Morgan fingerprint density at radius 1 is 0.193 bits per heavy atom. The van der Waals surface area contributed by atoms with Gasteiger partial charge < -0.3 is 0 Å². The van der Waals surface area contributed by atoms with Crippen LogP contribution >= 0.6 is 0 Å². The largest absolute Gasteiger partial charge is 0.0683 e. The van der Waals surface area contributed by atoms with E-state index < -0.39 is 0 Å². The number of hydrogen-bond acceptors (Lipinski definition) is 0. The maximum absolute atomic E-state index is 2.62. The lowest BCUT2D eigenvalue weighted by Crippen LogP contribution is -2.53. The molecule has 0 N–H and O–H groups in total. The topological polar surface area (TPSA) is 0 Å². The molecule has 119 heavy (non-hydrogen) atoms. The Balaban J connectivity index is 0.00000131. The van der Waals surface area contributed by atoms with Gasteiger partial charge in [0.05, 0.1) is 0 Å². The van der Waals surface area contributed by atoms with Crippen LogP contribution in [0, 0.1) is 210 Å². The van der Waals surface area contributed by atoms with Gasteiger partial charge in [0.25, 0.3) is 0 Å². The van der Waals surface area contributed by atoms with Crippen LogP contribution < -0.4 is 0 Å². The SMILES string of the molecule is CC.CC.CC.CC.CC.CC.CC.CC.CC.CC.CC.CC.CC(C)C1(C)C2CC3CC(C2)CC1C3.CC(C)C1(C)CC2C3CCC(C3)C2C1.CC(C)C1(C)CC2CC1C1C3CCC(C3)C21.CC(C)C1(C)CC2CC1C1CCCCC21.CC(C)C1(C)CCC2CCCC2C1.CC(C)C1(C)CCC2CCCCC2C1.CC(C)C1(C)CCCC1. The van der Waals surface area contributed by atoms with Crippen LogP contribution in [-0.2, 0) is 0 Å². The Kier molecular flexibility index (Phi) is 57.9. The monoisotopic (exact) mass is 1670 g/mol. The van der Waals surface area contributed by atoms with E-state index in [1.54, 1.807) is 135 Å². The second-order valence-electron chi connectivity index (χ2n) is 45.1. The highest BCUT2D eigenvalue weighted by Crippen LogP contribution is 2.74. The molecule has 0 saturated heterocycles. The number of rotatable bonds is 7. The van der Waals surface area contributed by atoms with Gasteiger partial charge in [-0.1, -0.05) is 382 Å². The molecule has 19 rings (SSSR count). The van der Waals surface area contributed by atoms with Gasteiger partial charge in [0.2, 0.25) is 0 Å². The van der Waals surface area contributed by atoms with Crippen LogP contribution in [0.4, 0.5) is 0 Å². The highest BCUT2D eigenvalue weighted by atomic mass is 14.7. The molecular formula is C119H240. The zero-order valence-corrected chi connectivity index (χ0v) is 92.1. The van der Waals surface area contributed by atoms with Crippen molar-refractivity contribution in [1.82, 2.24) is 0 Å². The molecule has 0 aliphatic heterocycles. The van der Waals surface area contributed by atoms with Crippen molar-refractivity contribution in [3.63, 3.8) is 0 Å². The molecule has 19 aliphatic rings. The Bertz CT molecular complexity index is 2390. The van der Waals surface area contributed by atoms with Gasteiger partial charge in [0.15, 0.2) is 0 Å². The zero-order valence-electron chi connectivity index (χ0n) is 92.1. The van der Waals surface area contributed by atoms with Gasteiger partial charge in [0, 0.05) is 0 Å². The lowest BCUT2D eigenvalue weighted by atomic mass is 9.43. The van der Waals surface area contributed by atoms with E-state index in [-0.39, 0.29) is 0 Å². The molecular weight excluding hydrogens is 1430 g/mol. The molecule has 0 aromatic carbocycles. The summed E-state index contributed by atoms with van der Waals surface area (Å²) in [6.07, 6.45) is 58.7. The maximum atomic E-state index is 2.62. The normalized spacial score (nSPS) is 40.8. The molecule has 0 heterocycles. The predicted molar refractivity (Wildman–Crippen MR) is 549 cm³/mol. The second kappa shape index (κ2) is 57.9. The molecule has 0 radical (unpaired) electrons. The Hall–Kier alpha value is 0. The number of fused-ring (bicyclic) bond motifs is 21. The van der Waals surface area contributed by atoms with Gasteiger partial charge in [-0.05, 0) is 383 Å². The van der Waals surface area contributed by atoms with Crippen molar-refractivity contribution in [2.45, 2.75) is 556 Å². The molecule has 0 nitrogen and oxygen atoms in total. The first-order chi connectivity index (χ1) is 56.8. The quantitative estimate of drug-likeness (QED) is 0.223. The fraction of sp³-hybridized carbons (Fsp3) is 1.00. The molecule has 22 unspecified atom stereocenters. The van der Waals surface area contributed by atoms with Gasteiger partial charge >= 0.3 is 0 Å². The van der Waals surface area contributed by atoms with Crippen molar-refractivity contribution in [2.24, 2.45) is 210 Å². The van der Waals surface area contributed by atoms with E-state index >= 15 is 0 Å². The minimum absolute atomic E-state index is 0.665. The van der Waals surface area contributed by atoms with Crippen LogP contribution in [0.3, 0.4) is 0 Å². The van der Waals surface area contributed by atoms with Crippen molar-refractivity contribution in [3.8, 4) is 0 Å². The van der Waals surface area contributed by atoms with E-state index in [1.807, 2.05) is 166 Å². The van der Waals surface area contributed by atoms with Crippen LogP contribution in [0.1, 0.15) is 556 Å². The van der Waals surface area contributed by atoms with Gasteiger partial charge in [-0.2, -0.15) is 0 Å². The summed E-state index contributed by atoms with van der Waals surface area (Å²) >= 11 is 0. The molecule has 12 bridgehead atoms. The van der Waals surface area contributed by atoms with E-state index in [0.717, 1.165) is 154 Å². The molecule has 0 spiro atoms. The highest BCUT2D eigenvalue weighted by molar-refractivity contribution is 5.15. The minimum Gasteiger partial charge on any atom is -0.0683 e. The summed E-state index contributed by atoms with van der Waals surface area (Å²) < 4.78 is 0. The fourth-order valence-corrected chi connectivity index (χ4v) is 30.8. The lowest BCUT2D eigenvalue weighted by molar-refractivity contribution is -0.122. The molecule has 19 fully saturated rings. The smallest absolute Gasteiger partial charge is 0.0246 e. The lowest BCUT2D eigenvalue weighted by Gasteiger charge is -2.62. The predicted octanol–water partition coefficient (Wildman–Crippen LogP) is 41.5. The second-order valence-corrected chi connectivity index (χ2v) is 45.1. The van der Waals surface area contributed by atoms with Gasteiger partial charge in [-0.15, -0.1) is 0 Å². The highest BCUT2D eigenvalue weighted by Gasteiger charge is 2.66. The molecule has 0 amide bonds. The van der Waals surface area contributed by atoms with Crippen LogP contribution in [0.25, 0.3) is 0 Å². The van der Waals surface area contributed by atoms with E-state index in [1.165, 1.54) is 127 Å². The number of hydrogen-bond donors (Lipinski definition) is 0. The zero-order chi connectivity index (χ0) is 92.1. The van der Waals surface area contributed by atoms with Crippen molar-refractivity contribution in [3.05, 3.63) is 0 Å². The maximum Gasteiger partial charge on any atom is -0.0246 e. The summed E-state index contributed by atoms with van der Waals surface area (Å²) in [7, 11) is 0. The standard InChI is InChI=1S/C16H26.C15H26.2C14H24.C14H26.C13H24.C9H18.12C2H6/c1-9(2)16(3)8-12-7-13(16)15-11-5-4-10(6-11)14(12)15;1-10(2)15(3)9-11-8-14(15)13-7-5-4-6-12(11)13;1-9(2)14(3)12-5-10-4-11(7-12)8-13(14)6-10;1-9(2)14(3)7-12-10-4-5-11(6-10)13(12)8-14;1-11(2)14(3)9-8-12-6-4-5-7-13(12)10-14;1-10(2)13(3)8-7-11-5-4-6-12(11)9-13;1-8(2)9(3)6-4-5-7-9;12*1-2/h9-15H,4-8H2,1-3H3;10-14H,4-9H2,1-3H3;2*9-13H,4-8H2,1-3H3;11-13H,4-10H2,1-3H3;10-12H,4-9H2,1-3H3;8H,4-7H2,1-3H3;12*1-2H3. The van der Waals surface area contributed by atoms with Crippen molar-refractivity contribution in [2.75, 3.05) is 0 Å². The summed E-state index contributed by atoms with van der Waals surface area (Å²) in [6.45, 7) is 99.9. The van der Waals surface area contributed by atoms with E-state index in [4.69, 9.17) is 0 Å². The van der Waals surface area contributed by atoms with Crippen LogP contribution in [0.2, 0.25) is 0 Å². The minimum atomic E-state index is 0.665. The molecule has 19 aliphatic carbocycles. The van der Waals surface area contributed by atoms with E-state index in [0.29, 0.717) is 37.9 Å². The van der Waals surface area contributed by atoms with Crippen LogP contribution in [0.15, 0.2) is 0 Å². The average molecular weight is 1670 g/mol. The van der Waals surface area contributed by atoms with Crippen molar-refractivity contribution >= 4 is 0 Å². The first kappa shape index (κ1) is 119. The Morgan fingerprint density at radius 3 is 0.908 bits per heavy atom. The molecule has 19 saturated carbocycles. The molecule has 22 atom stereocenters. The summed E-state index contributed by atoms with van der Waals surface area (Å²) in [6, 6.07) is 0. The van der Waals surface area contributed by atoms with Gasteiger partial charge in [-0.25, -0.2) is 0 Å². The van der Waals surface area contributed by atoms with Crippen LogP contribution in [0.5, 0.6) is 0 Å². The average Bonchev–Trinajstić information content (AvgIpc) is 1.53. The third kappa shape index (κ3) is 28.8. The van der Waals surface area contributed by atoms with Gasteiger partial charge in [0.1, 0.15) is 0 Å². The Labute approximate surface area is 760 Å². The fourth-order valence-electron chi connectivity index (χ4n) is 30.8. The molecule has 716 valence electrons. The summed E-state index contributed by atoms with van der Waals surface area (Å²) in [5, 5.41) is 0. The van der Waals surface area contributed by atoms with Crippen molar-refractivity contribution < 1.29 is 0 Å². The summed E-state index contributed by atoms with van der Waals surface area (Å²) in [4.78, 5) is 0. The molecule has 0 aromatic heterocycles. The Morgan fingerprint density at radius 2 is 0.521 bits per heavy atom. The first-order valence-corrected chi connectivity index (χ1v) is 56.8. The van der Waals surface area contributed by atoms with Crippen molar-refractivity contribution in [1.29, 1.82) is 0 Å². The third-order valence-electron chi connectivity index (χ3n) is 39.6. The van der Waals surface area contributed by atoms with E-state index in [9.17, 15) is 0 Å². The van der Waals surface area contributed by atoms with Gasteiger partial charge in [-0.3, -0.25) is 0 Å².